The number of carbonyl (C=O) groups is 3. The molecule has 0 aliphatic rings. The van der Waals surface area contributed by atoms with Gasteiger partial charge in [-0.2, -0.15) is 0 Å². The Kier molecular flexibility index (Phi) is 12.0. The lowest BCUT2D eigenvalue weighted by Gasteiger charge is -2.11. The van der Waals surface area contributed by atoms with Crippen LogP contribution < -0.4 is 10.6 Å². The normalized spacial score (nSPS) is 10.8. The lowest BCUT2D eigenvalue weighted by Crippen LogP contribution is -2.84. The first-order valence-electron chi connectivity index (χ1n) is 9.57. The lowest BCUT2D eigenvalue weighted by molar-refractivity contribution is -0.655. The Morgan fingerprint density at radius 2 is 1.64 bits per heavy atom. The molecule has 0 saturated heterocycles. The molecule has 8 nitrogen and oxygen atoms in total. The molecule has 2 amide bonds. The molecule has 1 aromatic rings. The molecule has 154 valence electrons. The van der Waals surface area contributed by atoms with Crippen molar-refractivity contribution in [1.82, 2.24) is 5.06 Å². The molecule has 1 rings (SSSR count). The first kappa shape index (κ1) is 23.3. The number of hydrogen-bond acceptors (Lipinski definition) is 4. The zero-order chi connectivity index (χ0) is 20.6. The average Bonchev–Trinajstić information content (AvgIpc) is 2.68. The number of nitrogens with one attached hydrogen (secondary N) is 1. The molecule has 0 aliphatic carbocycles. The van der Waals surface area contributed by atoms with Gasteiger partial charge in [-0.3, -0.25) is 14.8 Å². The second-order valence-electron chi connectivity index (χ2n) is 6.43. The lowest BCUT2D eigenvalue weighted by atomic mass is 10.2. The number of anilines is 1. The summed E-state index contributed by atoms with van der Waals surface area (Å²) in [7, 11) is 0. The first-order chi connectivity index (χ1) is 13.5. The number of nitrogens with zero attached hydrogens (tertiary/aromatic N) is 1. The third-order valence-electron chi connectivity index (χ3n) is 4.02. The summed E-state index contributed by atoms with van der Waals surface area (Å²) in [5.41, 5.74) is 0.821. The van der Waals surface area contributed by atoms with Gasteiger partial charge in [-0.1, -0.05) is 18.2 Å². The Morgan fingerprint density at radius 1 is 0.964 bits per heavy atom. The van der Waals surface area contributed by atoms with E-state index in [1.807, 2.05) is 30.3 Å². The van der Waals surface area contributed by atoms with Crippen molar-refractivity contribution in [1.29, 1.82) is 0 Å². The Bertz CT molecular complexity index is 634. The van der Waals surface area contributed by atoms with E-state index >= 15 is 0 Å². The highest BCUT2D eigenvalue weighted by Gasteiger charge is 2.07. The second-order valence-corrected chi connectivity index (χ2v) is 6.43. The molecule has 0 atom stereocenters. The highest BCUT2D eigenvalue weighted by molar-refractivity contribution is 5.93. The van der Waals surface area contributed by atoms with Crippen molar-refractivity contribution in [3.05, 3.63) is 42.5 Å². The third-order valence-corrected chi connectivity index (χ3v) is 4.02. The van der Waals surface area contributed by atoms with Gasteiger partial charge >= 0.3 is 5.97 Å². The SMILES string of the molecule is O=C(O)/C=C/C(=O)N(O)CCCC[NH2+]CCCCCC(=O)Nc1ccccc1. The summed E-state index contributed by atoms with van der Waals surface area (Å²) >= 11 is 0. The van der Waals surface area contributed by atoms with E-state index < -0.39 is 11.9 Å². The van der Waals surface area contributed by atoms with Gasteiger partial charge in [0, 0.05) is 30.8 Å². The molecule has 0 bridgehead atoms. The molecule has 0 aromatic heterocycles. The first-order valence-corrected chi connectivity index (χ1v) is 9.57. The zero-order valence-electron chi connectivity index (χ0n) is 16.0. The topological polar surface area (TPSA) is 124 Å². The maximum Gasteiger partial charge on any atom is 0.328 e. The van der Waals surface area contributed by atoms with Gasteiger partial charge < -0.3 is 15.7 Å². The van der Waals surface area contributed by atoms with E-state index in [1.165, 1.54) is 0 Å². The van der Waals surface area contributed by atoms with Gasteiger partial charge in [-0.15, -0.1) is 0 Å². The molecule has 0 radical (unpaired) electrons. The van der Waals surface area contributed by atoms with E-state index in [4.69, 9.17) is 5.11 Å². The summed E-state index contributed by atoms with van der Waals surface area (Å²) in [5, 5.41) is 23.5. The van der Waals surface area contributed by atoms with Crippen LogP contribution in [0.15, 0.2) is 42.5 Å². The monoisotopic (exact) mass is 392 g/mol. The molecule has 28 heavy (non-hydrogen) atoms. The summed E-state index contributed by atoms with van der Waals surface area (Å²) in [4.78, 5) is 33.4. The number of benzene rings is 1. The van der Waals surface area contributed by atoms with E-state index in [0.717, 1.165) is 50.5 Å². The van der Waals surface area contributed by atoms with E-state index in [0.29, 0.717) is 24.0 Å². The number of hydroxylamine groups is 2. The number of amides is 2. The highest BCUT2D eigenvalue weighted by atomic mass is 16.5. The van der Waals surface area contributed by atoms with Gasteiger partial charge in [0.25, 0.3) is 5.91 Å². The quantitative estimate of drug-likeness (QED) is 0.165. The van der Waals surface area contributed by atoms with Crippen LogP contribution in [-0.4, -0.2) is 52.8 Å². The van der Waals surface area contributed by atoms with Gasteiger partial charge in [0.05, 0.1) is 13.1 Å². The van der Waals surface area contributed by atoms with Crippen LogP contribution in [-0.2, 0) is 14.4 Å². The zero-order valence-corrected chi connectivity index (χ0v) is 16.0. The number of quaternary nitrogens is 1. The summed E-state index contributed by atoms with van der Waals surface area (Å²) < 4.78 is 0. The van der Waals surface area contributed by atoms with Gasteiger partial charge in [-0.25, -0.2) is 9.86 Å². The Hall–Kier alpha value is -2.71. The molecule has 0 fully saturated rings. The molecular formula is C20H30N3O5+. The van der Waals surface area contributed by atoms with Crippen LogP contribution in [0.1, 0.15) is 38.5 Å². The van der Waals surface area contributed by atoms with Gasteiger partial charge in [0.15, 0.2) is 0 Å². The number of nitrogens with two attached hydrogens (primary N) is 1. The average molecular weight is 392 g/mol. The fourth-order valence-electron chi connectivity index (χ4n) is 2.53. The minimum Gasteiger partial charge on any atom is -0.478 e. The maximum absolute atomic E-state index is 11.8. The molecule has 0 saturated carbocycles. The van der Waals surface area contributed by atoms with Crippen LogP contribution in [0.2, 0.25) is 0 Å². The Morgan fingerprint density at radius 3 is 2.32 bits per heavy atom. The summed E-state index contributed by atoms with van der Waals surface area (Å²) in [6.45, 7) is 2.04. The standard InChI is InChI=1S/C20H29N3O5/c24-18(22-17-9-3-1-4-10-17)11-5-2-6-14-21-15-7-8-16-23(28)19(25)12-13-20(26)27/h1,3-4,9-10,12-13,21,28H,2,5-8,11,14-16H2,(H,22,24)(H,26,27)/p+1/b13-12+. The third kappa shape index (κ3) is 11.8. The van der Waals surface area contributed by atoms with E-state index in [1.54, 1.807) is 0 Å². The summed E-state index contributed by atoms with van der Waals surface area (Å²) in [6, 6.07) is 9.41. The number of unbranched alkanes of at least 4 members (excludes halogenated alkanes) is 3. The predicted octanol–water partition coefficient (Wildman–Crippen LogP) is 1.39. The number of rotatable bonds is 14. The summed E-state index contributed by atoms with van der Waals surface area (Å²) in [5.74, 6) is -1.92. The van der Waals surface area contributed by atoms with Crippen molar-refractivity contribution in [2.24, 2.45) is 0 Å². The molecule has 5 N–H and O–H groups in total. The fourth-order valence-corrected chi connectivity index (χ4v) is 2.53. The highest BCUT2D eigenvalue weighted by Crippen LogP contribution is 2.07. The number of carbonyl (C=O) groups excluding carboxylic acids is 2. The molecule has 0 spiro atoms. The molecule has 0 unspecified atom stereocenters. The van der Waals surface area contributed by atoms with Crippen molar-refractivity contribution in [2.75, 3.05) is 25.0 Å². The van der Waals surface area contributed by atoms with Crippen LogP contribution in [0, 0.1) is 0 Å². The molecule has 1 aromatic carbocycles. The number of carboxylic acid groups (broad SMARTS) is 1. The van der Waals surface area contributed by atoms with Crippen LogP contribution in [0.5, 0.6) is 0 Å². The number of hydrogen-bond donors (Lipinski definition) is 4. The number of aliphatic carboxylic acids is 1. The van der Waals surface area contributed by atoms with E-state index in [9.17, 15) is 19.6 Å². The summed E-state index contributed by atoms with van der Waals surface area (Å²) in [6.07, 6.45) is 6.41. The smallest absolute Gasteiger partial charge is 0.328 e. The van der Waals surface area contributed by atoms with E-state index in [-0.39, 0.29) is 12.5 Å². The van der Waals surface area contributed by atoms with Crippen LogP contribution in [0.4, 0.5) is 5.69 Å². The number of para-hydroxylation sites is 1. The molecular weight excluding hydrogens is 362 g/mol. The van der Waals surface area contributed by atoms with Gasteiger partial charge in [-0.05, 0) is 44.2 Å². The van der Waals surface area contributed by atoms with Gasteiger partial charge in [0.1, 0.15) is 0 Å². The maximum atomic E-state index is 11.8. The van der Waals surface area contributed by atoms with Gasteiger partial charge in [0.2, 0.25) is 5.91 Å². The number of carboxylic acids is 1. The minimum absolute atomic E-state index is 0.0384. The van der Waals surface area contributed by atoms with Crippen molar-refractivity contribution in [2.45, 2.75) is 38.5 Å². The molecule has 0 heterocycles. The second kappa shape index (κ2) is 14.4. The van der Waals surface area contributed by atoms with Crippen LogP contribution in [0.25, 0.3) is 0 Å². The van der Waals surface area contributed by atoms with Crippen LogP contribution in [0.3, 0.4) is 0 Å². The Labute approximate surface area is 165 Å². The van der Waals surface area contributed by atoms with E-state index in [2.05, 4.69) is 10.6 Å². The largest absolute Gasteiger partial charge is 0.478 e. The van der Waals surface area contributed by atoms with Crippen molar-refractivity contribution < 1.29 is 30.0 Å². The molecule has 8 heteroatoms. The fraction of sp³-hybridized carbons (Fsp3) is 0.450. The predicted molar refractivity (Wildman–Crippen MR) is 105 cm³/mol. The van der Waals surface area contributed by atoms with Crippen molar-refractivity contribution in [3.8, 4) is 0 Å². The Balaban J connectivity index is 1.93. The van der Waals surface area contributed by atoms with Crippen molar-refractivity contribution in [3.63, 3.8) is 0 Å². The van der Waals surface area contributed by atoms with Crippen molar-refractivity contribution >= 4 is 23.5 Å². The molecule has 0 aliphatic heterocycles. The minimum atomic E-state index is -1.23. The van der Waals surface area contributed by atoms with Crippen LogP contribution >= 0.6 is 0 Å².